The number of piperidine rings is 1. The molecule has 0 unspecified atom stereocenters. The third-order valence-electron chi connectivity index (χ3n) is 6.60. The second-order valence-corrected chi connectivity index (χ2v) is 9.84. The molecule has 9 heteroatoms. The Hall–Kier alpha value is -2.16. The molecule has 0 aliphatic carbocycles. The lowest BCUT2D eigenvalue weighted by atomic mass is 9.74. The first-order valence-electron chi connectivity index (χ1n) is 11.5. The zero-order valence-electron chi connectivity index (χ0n) is 19.3. The first-order chi connectivity index (χ1) is 16.0. The lowest BCUT2D eigenvalue weighted by molar-refractivity contribution is 0.0515. The van der Waals surface area contributed by atoms with Crippen molar-refractivity contribution < 1.29 is 9.47 Å². The Bertz CT molecular complexity index is 952. The summed E-state index contributed by atoms with van der Waals surface area (Å²) in [7, 11) is 1.62. The summed E-state index contributed by atoms with van der Waals surface area (Å²) >= 11 is 11.7. The van der Waals surface area contributed by atoms with E-state index in [0.717, 1.165) is 56.4 Å². The molecule has 1 atom stereocenters. The van der Waals surface area contributed by atoms with Crippen molar-refractivity contribution in [2.45, 2.75) is 38.0 Å². The van der Waals surface area contributed by atoms with E-state index in [-0.39, 0.29) is 5.41 Å². The van der Waals surface area contributed by atoms with Crippen molar-refractivity contribution in [3.8, 4) is 5.88 Å². The molecule has 0 saturated carbocycles. The van der Waals surface area contributed by atoms with Gasteiger partial charge in [-0.3, -0.25) is 0 Å². The fraction of sp³-hybridized carbons (Fsp3) is 0.542. The molecule has 2 fully saturated rings. The van der Waals surface area contributed by atoms with Crippen molar-refractivity contribution in [2.75, 3.05) is 50.2 Å². The molecular formula is C24H32ClN5O2S. The molecule has 3 heterocycles. The highest BCUT2D eigenvalue weighted by Crippen LogP contribution is 2.35. The summed E-state index contributed by atoms with van der Waals surface area (Å²) in [5.41, 5.74) is 1.17. The summed E-state index contributed by atoms with van der Waals surface area (Å²) in [5.74, 6) is 2.46. The maximum Gasteiger partial charge on any atom is 0.234 e. The highest BCUT2D eigenvalue weighted by Gasteiger charge is 2.34. The molecule has 2 N–H and O–H groups in total. The summed E-state index contributed by atoms with van der Waals surface area (Å²) in [4.78, 5) is 11.5. The number of aromatic nitrogens is 2. The molecule has 1 aromatic heterocycles. The third kappa shape index (κ3) is 6.05. The molecule has 2 saturated heterocycles. The van der Waals surface area contributed by atoms with Crippen LogP contribution in [0.3, 0.4) is 0 Å². The Morgan fingerprint density at radius 1 is 1.27 bits per heavy atom. The minimum Gasteiger partial charge on any atom is -0.481 e. The van der Waals surface area contributed by atoms with Gasteiger partial charge in [-0.05, 0) is 61.5 Å². The number of anilines is 2. The highest BCUT2D eigenvalue weighted by atomic mass is 35.5. The molecule has 0 bridgehead atoms. The first kappa shape index (κ1) is 24.0. The minimum atomic E-state index is -0.0705. The zero-order chi connectivity index (χ0) is 23.3. The molecule has 0 spiro atoms. The van der Waals surface area contributed by atoms with Crippen molar-refractivity contribution in [1.82, 2.24) is 15.3 Å². The second kappa shape index (κ2) is 10.8. The number of thiocarbonyl (C=S) groups is 1. The Labute approximate surface area is 206 Å². The third-order valence-corrected chi connectivity index (χ3v) is 7.10. The maximum atomic E-state index is 6.12. The van der Waals surface area contributed by atoms with Crippen LogP contribution < -0.4 is 20.3 Å². The normalized spacial score (nSPS) is 20.2. The quantitative estimate of drug-likeness (QED) is 0.578. The Balaban J connectivity index is 1.45. The number of benzene rings is 1. The van der Waals surface area contributed by atoms with Crippen LogP contribution in [0.5, 0.6) is 5.88 Å². The number of halogens is 1. The van der Waals surface area contributed by atoms with E-state index >= 15 is 0 Å². The predicted octanol–water partition coefficient (Wildman–Crippen LogP) is 4.41. The summed E-state index contributed by atoms with van der Waals surface area (Å²) in [6.07, 6.45) is 4.24. The maximum absolute atomic E-state index is 6.12. The Morgan fingerprint density at radius 3 is 2.73 bits per heavy atom. The van der Waals surface area contributed by atoms with Gasteiger partial charge in [-0.1, -0.05) is 30.7 Å². The van der Waals surface area contributed by atoms with Crippen LogP contribution in [0.15, 0.2) is 30.3 Å². The number of methoxy groups -OCH3 is 1. The van der Waals surface area contributed by atoms with E-state index in [2.05, 4.69) is 39.6 Å². The number of hydrogen-bond donors (Lipinski definition) is 2. The van der Waals surface area contributed by atoms with E-state index in [1.165, 1.54) is 12.0 Å². The molecule has 0 radical (unpaired) electrons. The second-order valence-electron chi connectivity index (χ2n) is 8.99. The van der Waals surface area contributed by atoms with Gasteiger partial charge in [0.2, 0.25) is 11.8 Å². The topological polar surface area (TPSA) is 71.5 Å². The van der Waals surface area contributed by atoms with Gasteiger partial charge in [0.15, 0.2) is 5.11 Å². The molecule has 1 aromatic carbocycles. The van der Waals surface area contributed by atoms with Gasteiger partial charge in [0.1, 0.15) is 5.82 Å². The fourth-order valence-corrected chi connectivity index (χ4v) is 4.95. The Kier molecular flexibility index (Phi) is 7.88. The van der Waals surface area contributed by atoms with Gasteiger partial charge < -0.3 is 25.0 Å². The van der Waals surface area contributed by atoms with Crippen LogP contribution in [0.2, 0.25) is 5.02 Å². The number of hydrogen-bond acceptors (Lipinski definition) is 6. The van der Waals surface area contributed by atoms with Gasteiger partial charge in [0.25, 0.3) is 0 Å². The van der Waals surface area contributed by atoms with E-state index < -0.39 is 0 Å². The van der Waals surface area contributed by atoms with Gasteiger partial charge in [0.05, 0.1) is 7.11 Å². The summed E-state index contributed by atoms with van der Waals surface area (Å²) in [6.45, 7) is 6.37. The molecule has 33 heavy (non-hydrogen) atoms. The lowest BCUT2D eigenvalue weighted by Gasteiger charge is -2.38. The molecule has 7 nitrogen and oxygen atoms in total. The van der Waals surface area contributed by atoms with Crippen molar-refractivity contribution in [3.63, 3.8) is 0 Å². The molecule has 4 rings (SSSR count). The molecule has 0 amide bonds. The van der Waals surface area contributed by atoms with Crippen LogP contribution in [0.25, 0.3) is 0 Å². The van der Waals surface area contributed by atoms with Crippen molar-refractivity contribution in [3.05, 3.63) is 40.9 Å². The Morgan fingerprint density at radius 2 is 2.03 bits per heavy atom. The lowest BCUT2D eigenvalue weighted by Crippen LogP contribution is -2.45. The summed E-state index contributed by atoms with van der Waals surface area (Å²) in [6, 6.07) is 9.97. The zero-order valence-corrected chi connectivity index (χ0v) is 20.8. The summed E-state index contributed by atoms with van der Waals surface area (Å²) < 4.78 is 11.1. The summed E-state index contributed by atoms with van der Waals surface area (Å²) in [5, 5.41) is 7.78. The molecule has 2 aliphatic rings. The van der Waals surface area contributed by atoms with Crippen molar-refractivity contribution in [2.24, 2.45) is 5.92 Å². The molecule has 2 aromatic rings. The SMILES string of the molecule is COc1cc(N2CCC[C@@H](C)C2)nc(NC(=S)NCC2(c3ccc(Cl)cc3)CCOCC2)n1. The van der Waals surface area contributed by atoms with E-state index in [4.69, 9.17) is 38.3 Å². The molecular weight excluding hydrogens is 458 g/mol. The van der Waals surface area contributed by atoms with Crippen LogP contribution in [0.1, 0.15) is 38.2 Å². The van der Waals surface area contributed by atoms with E-state index in [1.807, 2.05) is 18.2 Å². The number of nitrogens with one attached hydrogen (secondary N) is 2. The van der Waals surface area contributed by atoms with Gasteiger partial charge in [-0.2, -0.15) is 9.97 Å². The van der Waals surface area contributed by atoms with Crippen molar-refractivity contribution >= 4 is 40.7 Å². The number of rotatable bonds is 6. The largest absolute Gasteiger partial charge is 0.481 e. The first-order valence-corrected chi connectivity index (χ1v) is 12.3. The standard InChI is InChI=1S/C24H32ClN5O2S/c1-17-4-3-11-30(15-17)20-14-21(31-2)28-22(27-20)29-23(33)26-16-24(9-12-32-13-10-24)18-5-7-19(25)8-6-18/h5-8,14,17H,3-4,9-13,15-16H2,1-2H3,(H2,26,27,28,29,33)/t17-/m1/s1. The predicted molar refractivity (Wildman–Crippen MR) is 137 cm³/mol. The van der Waals surface area contributed by atoms with Gasteiger partial charge >= 0.3 is 0 Å². The van der Waals surface area contributed by atoms with Crippen LogP contribution >= 0.6 is 23.8 Å². The van der Waals surface area contributed by atoms with E-state index in [1.54, 1.807) is 7.11 Å². The smallest absolute Gasteiger partial charge is 0.234 e. The average molecular weight is 490 g/mol. The van der Waals surface area contributed by atoms with Crippen LogP contribution in [0.4, 0.5) is 11.8 Å². The van der Waals surface area contributed by atoms with Crippen LogP contribution in [-0.4, -0.2) is 55.0 Å². The minimum absolute atomic E-state index is 0.0705. The molecule has 2 aliphatic heterocycles. The highest BCUT2D eigenvalue weighted by molar-refractivity contribution is 7.80. The van der Waals surface area contributed by atoms with Crippen molar-refractivity contribution in [1.29, 1.82) is 0 Å². The van der Waals surface area contributed by atoms with E-state index in [9.17, 15) is 0 Å². The molecule has 178 valence electrons. The van der Waals surface area contributed by atoms with E-state index in [0.29, 0.717) is 29.4 Å². The van der Waals surface area contributed by atoms with Gasteiger partial charge in [-0.25, -0.2) is 0 Å². The van der Waals surface area contributed by atoms with Crippen LogP contribution in [-0.2, 0) is 10.2 Å². The van der Waals surface area contributed by atoms with Crippen LogP contribution in [0, 0.1) is 5.92 Å². The monoisotopic (exact) mass is 489 g/mol. The number of ether oxygens (including phenoxy) is 2. The average Bonchev–Trinajstić information content (AvgIpc) is 2.83. The van der Waals surface area contributed by atoms with Gasteiger partial charge in [-0.15, -0.1) is 0 Å². The fourth-order valence-electron chi connectivity index (χ4n) is 4.66. The number of nitrogens with zero attached hydrogens (tertiary/aromatic N) is 3. The van der Waals surface area contributed by atoms with Gasteiger partial charge in [0, 0.05) is 49.4 Å².